The molecule has 2 N–H and O–H groups in total. The molecule has 2 aromatic rings. The Hall–Kier alpha value is -2.67. The van der Waals surface area contributed by atoms with Gasteiger partial charge >= 0.3 is 6.03 Å². The Kier molecular flexibility index (Phi) is 5.32. The van der Waals surface area contributed by atoms with Gasteiger partial charge in [-0.3, -0.25) is 14.5 Å². The molecule has 1 aliphatic heterocycles. The number of carbonyl (C=O) groups is 3. The molecule has 0 aliphatic carbocycles. The minimum atomic E-state index is -1.17. The Morgan fingerprint density at radius 3 is 2.52 bits per heavy atom. The first-order chi connectivity index (χ1) is 12.8. The Bertz CT molecular complexity index is 846. The third kappa shape index (κ3) is 3.88. The van der Waals surface area contributed by atoms with Crippen molar-refractivity contribution >= 4 is 29.2 Å². The lowest BCUT2D eigenvalue weighted by molar-refractivity contribution is -0.134. The maximum Gasteiger partial charge on any atom is 0.325 e. The van der Waals surface area contributed by atoms with E-state index < -0.39 is 17.5 Å². The maximum atomic E-state index is 12.9. The van der Waals surface area contributed by atoms with E-state index in [4.69, 9.17) is 0 Å². The summed E-state index contributed by atoms with van der Waals surface area (Å²) < 4.78 is 0. The van der Waals surface area contributed by atoms with Gasteiger partial charge in [-0.25, -0.2) is 4.79 Å². The summed E-state index contributed by atoms with van der Waals surface area (Å²) in [4.78, 5) is 39.4. The molecule has 7 heteroatoms. The number of urea groups is 1. The van der Waals surface area contributed by atoms with Crippen LogP contribution in [0.1, 0.15) is 42.7 Å². The van der Waals surface area contributed by atoms with Gasteiger partial charge in [0.1, 0.15) is 12.1 Å². The molecule has 1 atom stereocenters. The molecular weight excluding hydrogens is 362 g/mol. The van der Waals surface area contributed by atoms with Crippen molar-refractivity contribution in [2.24, 2.45) is 0 Å². The maximum absolute atomic E-state index is 12.9. The van der Waals surface area contributed by atoms with Crippen LogP contribution < -0.4 is 10.6 Å². The average molecular weight is 385 g/mol. The standard InChI is InChI=1S/C20H23N3O3S/c1-13(2)14-6-8-15(9-7-14)20(3)18(25)23(19(26)22-20)12-17(24)21-11-16-5-4-10-27-16/h4-10,13H,11-12H2,1-3H3,(H,21,24)(H,22,26). The fourth-order valence-electron chi connectivity index (χ4n) is 3.04. The van der Waals surface area contributed by atoms with Gasteiger partial charge in [-0.15, -0.1) is 11.3 Å². The van der Waals surface area contributed by atoms with Crippen molar-refractivity contribution in [3.63, 3.8) is 0 Å². The average Bonchev–Trinajstić information content (AvgIpc) is 3.23. The van der Waals surface area contributed by atoms with Crippen LogP contribution in [0.4, 0.5) is 4.79 Å². The van der Waals surface area contributed by atoms with Gasteiger partial charge in [-0.05, 0) is 35.4 Å². The molecule has 0 saturated carbocycles. The van der Waals surface area contributed by atoms with Crippen molar-refractivity contribution in [2.75, 3.05) is 6.54 Å². The molecular formula is C20H23N3O3S. The van der Waals surface area contributed by atoms with Crippen LogP contribution >= 0.6 is 11.3 Å². The van der Waals surface area contributed by atoms with Gasteiger partial charge in [-0.2, -0.15) is 0 Å². The van der Waals surface area contributed by atoms with Crippen LogP contribution in [0.25, 0.3) is 0 Å². The zero-order valence-electron chi connectivity index (χ0n) is 15.6. The normalized spacial score (nSPS) is 19.5. The lowest BCUT2D eigenvalue weighted by Crippen LogP contribution is -2.43. The highest BCUT2D eigenvalue weighted by Crippen LogP contribution is 2.29. The Balaban J connectivity index is 1.69. The summed E-state index contributed by atoms with van der Waals surface area (Å²) in [5.74, 6) is -0.411. The Morgan fingerprint density at radius 2 is 1.93 bits per heavy atom. The summed E-state index contributed by atoms with van der Waals surface area (Å²) in [6.45, 7) is 5.94. The lowest BCUT2D eigenvalue weighted by atomic mass is 9.90. The van der Waals surface area contributed by atoms with E-state index in [0.717, 1.165) is 15.3 Å². The van der Waals surface area contributed by atoms with Crippen LogP contribution in [0.2, 0.25) is 0 Å². The number of benzene rings is 1. The van der Waals surface area contributed by atoms with Gasteiger partial charge in [0.05, 0.1) is 6.54 Å². The first-order valence-electron chi connectivity index (χ1n) is 8.85. The number of thiophene rings is 1. The van der Waals surface area contributed by atoms with Crippen molar-refractivity contribution in [3.8, 4) is 0 Å². The zero-order chi connectivity index (χ0) is 19.6. The quantitative estimate of drug-likeness (QED) is 0.751. The van der Waals surface area contributed by atoms with Crippen molar-refractivity contribution in [2.45, 2.75) is 38.8 Å². The monoisotopic (exact) mass is 385 g/mol. The van der Waals surface area contributed by atoms with Crippen molar-refractivity contribution in [1.82, 2.24) is 15.5 Å². The van der Waals surface area contributed by atoms with E-state index in [0.29, 0.717) is 18.0 Å². The molecule has 1 aliphatic rings. The van der Waals surface area contributed by atoms with Gasteiger partial charge in [0.2, 0.25) is 5.91 Å². The van der Waals surface area contributed by atoms with E-state index >= 15 is 0 Å². The number of nitrogens with one attached hydrogen (secondary N) is 2. The molecule has 6 nitrogen and oxygen atoms in total. The number of hydrogen-bond acceptors (Lipinski definition) is 4. The van der Waals surface area contributed by atoms with E-state index in [-0.39, 0.29) is 12.5 Å². The first kappa shape index (κ1) is 19.1. The van der Waals surface area contributed by atoms with Crippen LogP contribution in [-0.4, -0.2) is 29.3 Å². The van der Waals surface area contributed by atoms with Crippen LogP contribution in [0.5, 0.6) is 0 Å². The molecule has 0 bridgehead atoms. The summed E-state index contributed by atoms with van der Waals surface area (Å²) in [5.41, 5.74) is 0.691. The number of nitrogens with zero attached hydrogens (tertiary/aromatic N) is 1. The number of rotatable bonds is 6. The molecule has 1 unspecified atom stereocenters. The van der Waals surface area contributed by atoms with Crippen LogP contribution in [0.3, 0.4) is 0 Å². The lowest BCUT2D eigenvalue weighted by Gasteiger charge is -2.22. The molecule has 4 amide bonds. The van der Waals surface area contributed by atoms with Gasteiger partial charge in [0.25, 0.3) is 5.91 Å². The second kappa shape index (κ2) is 7.52. The third-order valence-corrected chi connectivity index (χ3v) is 5.65. The Labute approximate surface area is 162 Å². The first-order valence-corrected chi connectivity index (χ1v) is 9.73. The predicted octanol–water partition coefficient (Wildman–Crippen LogP) is 2.95. The number of hydrogen-bond donors (Lipinski definition) is 2. The Morgan fingerprint density at radius 1 is 1.22 bits per heavy atom. The number of imide groups is 1. The van der Waals surface area contributed by atoms with Crippen molar-refractivity contribution < 1.29 is 14.4 Å². The molecule has 3 rings (SSSR count). The van der Waals surface area contributed by atoms with Gasteiger partial charge in [0.15, 0.2) is 0 Å². The van der Waals surface area contributed by atoms with E-state index in [2.05, 4.69) is 24.5 Å². The van der Waals surface area contributed by atoms with E-state index in [9.17, 15) is 14.4 Å². The second-order valence-electron chi connectivity index (χ2n) is 7.08. The summed E-state index contributed by atoms with van der Waals surface area (Å²) in [6, 6.07) is 10.9. The van der Waals surface area contributed by atoms with Gasteiger partial charge in [0, 0.05) is 4.88 Å². The largest absolute Gasteiger partial charge is 0.350 e. The van der Waals surface area contributed by atoms with E-state index in [1.54, 1.807) is 6.92 Å². The number of carbonyl (C=O) groups excluding carboxylic acids is 3. The van der Waals surface area contributed by atoms with Gasteiger partial charge in [-0.1, -0.05) is 44.2 Å². The molecule has 2 heterocycles. The molecule has 1 fully saturated rings. The fraction of sp³-hybridized carbons (Fsp3) is 0.350. The van der Waals surface area contributed by atoms with E-state index in [1.807, 2.05) is 41.8 Å². The molecule has 142 valence electrons. The molecule has 1 aromatic carbocycles. The SMILES string of the molecule is CC(C)c1ccc(C2(C)NC(=O)N(CC(=O)NCc3cccs3)C2=O)cc1. The van der Waals surface area contributed by atoms with Crippen LogP contribution in [0, 0.1) is 0 Å². The highest BCUT2D eigenvalue weighted by molar-refractivity contribution is 7.09. The minimum Gasteiger partial charge on any atom is -0.350 e. The smallest absolute Gasteiger partial charge is 0.325 e. The van der Waals surface area contributed by atoms with Crippen molar-refractivity contribution in [3.05, 3.63) is 57.8 Å². The van der Waals surface area contributed by atoms with E-state index in [1.165, 1.54) is 11.3 Å². The number of amides is 4. The summed E-state index contributed by atoms with van der Waals surface area (Å²) >= 11 is 1.53. The van der Waals surface area contributed by atoms with Crippen molar-refractivity contribution in [1.29, 1.82) is 0 Å². The minimum absolute atomic E-state index is 0.296. The fourth-order valence-corrected chi connectivity index (χ4v) is 3.68. The predicted molar refractivity (Wildman–Crippen MR) is 104 cm³/mol. The summed E-state index contributed by atoms with van der Waals surface area (Å²) in [6.07, 6.45) is 0. The van der Waals surface area contributed by atoms with Crippen LogP contribution in [-0.2, 0) is 21.7 Å². The molecule has 0 radical (unpaired) electrons. The molecule has 1 aromatic heterocycles. The summed E-state index contributed by atoms with van der Waals surface area (Å²) in [5, 5.41) is 7.39. The summed E-state index contributed by atoms with van der Waals surface area (Å²) in [7, 11) is 0. The van der Waals surface area contributed by atoms with Gasteiger partial charge < -0.3 is 10.6 Å². The zero-order valence-corrected chi connectivity index (χ0v) is 16.4. The highest BCUT2D eigenvalue weighted by atomic mass is 32.1. The molecule has 0 spiro atoms. The second-order valence-corrected chi connectivity index (χ2v) is 8.11. The molecule has 27 heavy (non-hydrogen) atoms. The van der Waals surface area contributed by atoms with Crippen LogP contribution in [0.15, 0.2) is 41.8 Å². The third-order valence-electron chi connectivity index (χ3n) is 4.77. The topological polar surface area (TPSA) is 78.5 Å². The highest BCUT2D eigenvalue weighted by Gasteiger charge is 2.49. The molecule has 1 saturated heterocycles.